The molecule has 0 spiro atoms. The first-order chi connectivity index (χ1) is 9.20. The standard InChI is InChI=1S/C16H26N2O/c1-9-2-3-17-14(9)16(19)18-15-12-5-10-4-11(7-12)8-13(15)6-10/h9-15,17H,2-8H2,1H3,(H,18,19). The molecular weight excluding hydrogens is 236 g/mol. The SMILES string of the molecule is CC1CCNC1C(=O)NC1C2CC3CC(C2)CC1C3. The van der Waals surface area contributed by atoms with Gasteiger partial charge in [0, 0.05) is 6.04 Å². The van der Waals surface area contributed by atoms with Crippen LogP contribution in [0.15, 0.2) is 0 Å². The number of carbonyl (C=O) groups is 1. The Bertz CT molecular complexity index is 353. The zero-order valence-corrected chi connectivity index (χ0v) is 11.9. The quantitative estimate of drug-likeness (QED) is 0.798. The van der Waals surface area contributed by atoms with Crippen LogP contribution in [-0.4, -0.2) is 24.5 Å². The van der Waals surface area contributed by atoms with E-state index in [4.69, 9.17) is 0 Å². The first-order valence-electron chi connectivity index (χ1n) is 8.24. The molecular formula is C16H26N2O. The minimum atomic E-state index is 0.0668. The molecule has 5 aliphatic rings. The topological polar surface area (TPSA) is 41.1 Å². The fourth-order valence-corrected chi connectivity index (χ4v) is 5.60. The van der Waals surface area contributed by atoms with Gasteiger partial charge in [0.15, 0.2) is 0 Å². The maximum atomic E-state index is 12.5. The summed E-state index contributed by atoms with van der Waals surface area (Å²) in [6.07, 6.45) is 8.14. The van der Waals surface area contributed by atoms with Crippen LogP contribution in [0.2, 0.25) is 0 Å². The molecule has 4 aliphatic carbocycles. The molecule has 4 bridgehead atoms. The van der Waals surface area contributed by atoms with Crippen LogP contribution in [0.1, 0.15) is 45.4 Å². The van der Waals surface area contributed by atoms with E-state index < -0.39 is 0 Å². The van der Waals surface area contributed by atoms with Crippen molar-refractivity contribution in [3.63, 3.8) is 0 Å². The highest BCUT2D eigenvalue weighted by molar-refractivity contribution is 5.82. The van der Waals surface area contributed by atoms with Crippen molar-refractivity contribution in [1.29, 1.82) is 0 Å². The molecule has 1 aliphatic heterocycles. The summed E-state index contributed by atoms with van der Waals surface area (Å²) in [5.74, 6) is 4.33. The average molecular weight is 262 g/mol. The number of hydrogen-bond donors (Lipinski definition) is 2. The van der Waals surface area contributed by atoms with Crippen LogP contribution < -0.4 is 10.6 Å². The molecule has 1 heterocycles. The van der Waals surface area contributed by atoms with Crippen LogP contribution in [0.5, 0.6) is 0 Å². The van der Waals surface area contributed by atoms with E-state index in [0.717, 1.165) is 36.6 Å². The largest absolute Gasteiger partial charge is 0.351 e. The smallest absolute Gasteiger partial charge is 0.237 e. The predicted octanol–water partition coefficient (Wildman–Crippen LogP) is 1.93. The molecule has 0 aromatic rings. The minimum absolute atomic E-state index is 0.0668. The van der Waals surface area contributed by atoms with Gasteiger partial charge < -0.3 is 10.6 Å². The van der Waals surface area contributed by atoms with Crippen LogP contribution in [-0.2, 0) is 4.79 Å². The Kier molecular flexibility index (Phi) is 2.87. The van der Waals surface area contributed by atoms with E-state index in [1.54, 1.807) is 0 Å². The van der Waals surface area contributed by atoms with Gasteiger partial charge in [-0.3, -0.25) is 4.79 Å². The summed E-state index contributed by atoms with van der Waals surface area (Å²) in [7, 11) is 0. The summed E-state index contributed by atoms with van der Waals surface area (Å²) < 4.78 is 0. The zero-order valence-electron chi connectivity index (χ0n) is 11.9. The van der Waals surface area contributed by atoms with Crippen molar-refractivity contribution in [2.45, 2.75) is 57.5 Å². The lowest BCUT2D eigenvalue weighted by Crippen LogP contribution is -2.58. The van der Waals surface area contributed by atoms with Gasteiger partial charge in [-0.1, -0.05) is 6.92 Å². The first kappa shape index (κ1) is 12.2. The van der Waals surface area contributed by atoms with Crippen LogP contribution >= 0.6 is 0 Å². The van der Waals surface area contributed by atoms with E-state index in [0.29, 0.717) is 12.0 Å². The Labute approximate surface area is 115 Å². The third kappa shape index (κ3) is 2.01. The van der Waals surface area contributed by atoms with Crippen LogP contribution in [0.4, 0.5) is 0 Å². The lowest BCUT2D eigenvalue weighted by molar-refractivity contribution is -0.127. The summed E-state index contributed by atoms with van der Waals surface area (Å²) >= 11 is 0. The van der Waals surface area contributed by atoms with E-state index in [1.165, 1.54) is 32.1 Å². The van der Waals surface area contributed by atoms with Gasteiger partial charge in [0.25, 0.3) is 0 Å². The highest BCUT2D eigenvalue weighted by Crippen LogP contribution is 2.53. The highest BCUT2D eigenvalue weighted by atomic mass is 16.2. The van der Waals surface area contributed by atoms with Gasteiger partial charge in [0.05, 0.1) is 6.04 Å². The molecule has 19 heavy (non-hydrogen) atoms. The van der Waals surface area contributed by atoms with Crippen LogP contribution in [0.3, 0.4) is 0 Å². The maximum Gasteiger partial charge on any atom is 0.237 e. The normalized spacial score (nSPS) is 51.5. The predicted molar refractivity (Wildman–Crippen MR) is 74.5 cm³/mol. The van der Waals surface area contributed by atoms with Crippen LogP contribution in [0, 0.1) is 29.6 Å². The van der Waals surface area contributed by atoms with Crippen molar-refractivity contribution in [3.8, 4) is 0 Å². The van der Waals surface area contributed by atoms with Gasteiger partial charge in [-0.15, -0.1) is 0 Å². The number of nitrogens with one attached hydrogen (secondary N) is 2. The Morgan fingerprint density at radius 1 is 1.05 bits per heavy atom. The Morgan fingerprint density at radius 2 is 1.68 bits per heavy atom. The van der Waals surface area contributed by atoms with Crippen molar-refractivity contribution in [2.75, 3.05) is 6.54 Å². The van der Waals surface area contributed by atoms with E-state index in [1.807, 2.05) is 0 Å². The fraction of sp³-hybridized carbons (Fsp3) is 0.938. The molecule has 3 nitrogen and oxygen atoms in total. The number of hydrogen-bond acceptors (Lipinski definition) is 2. The summed E-state index contributed by atoms with van der Waals surface area (Å²) in [5, 5.41) is 6.80. The molecule has 2 N–H and O–H groups in total. The number of carbonyl (C=O) groups excluding carboxylic acids is 1. The average Bonchev–Trinajstić information content (AvgIpc) is 2.79. The molecule has 106 valence electrons. The summed E-state index contributed by atoms with van der Waals surface area (Å²) in [4.78, 5) is 12.5. The van der Waals surface area contributed by atoms with Gasteiger partial charge in [0.1, 0.15) is 0 Å². The molecule has 2 atom stereocenters. The number of rotatable bonds is 2. The second-order valence-corrected chi connectivity index (χ2v) is 7.66. The third-order valence-electron chi connectivity index (χ3n) is 6.35. The van der Waals surface area contributed by atoms with E-state index in [9.17, 15) is 4.79 Å². The Balaban J connectivity index is 1.44. The molecule has 4 saturated carbocycles. The monoisotopic (exact) mass is 262 g/mol. The first-order valence-corrected chi connectivity index (χ1v) is 8.24. The fourth-order valence-electron chi connectivity index (χ4n) is 5.60. The molecule has 5 rings (SSSR count). The van der Waals surface area contributed by atoms with E-state index >= 15 is 0 Å². The summed E-state index contributed by atoms with van der Waals surface area (Å²) in [6.45, 7) is 3.20. The summed E-state index contributed by atoms with van der Waals surface area (Å²) in [6, 6.07) is 0.562. The molecule has 0 radical (unpaired) electrons. The van der Waals surface area contributed by atoms with Crippen molar-refractivity contribution in [1.82, 2.24) is 10.6 Å². The zero-order chi connectivity index (χ0) is 13.0. The molecule has 1 amide bonds. The number of amides is 1. The second kappa shape index (κ2) is 4.47. The Morgan fingerprint density at radius 3 is 2.21 bits per heavy atom. The van der Waals surface area contributed by atoms with Crippen LogP contribution in [0.25, 0.3) is 0 Å². The van der Waals surface area contributed by atoms with Gasteiger partial charge >= 0.3 is 0 Å². The van der Waals surface area contributed by atoms with Gasteiger partial charge in [-0.05, 0) is 74.7 Å². The van der Waals surface area contributed by atoms with Crippen molar-refractivity contribution < 1.29 is 4.79 Å². The van der Waals surface area contributed by atoms with Gasteiger partial charge in [-0.25, -0.2) is 0 Å². The Hall–Kier alpha value is -0.570. The second-order valence-electron chi connectivity index (χ2n) is 7.66. The van der Waals surface area contributed by atoms with E-state index in [2.05, 4.69) is 17.6 Å². The van der Waals surface area contributed by atoms with Crippen molar-refractivity contribution in [3.05, 3.63) is 0 Å². The molecule has 0 aromatic heterocycles. The summed E-state index contributed by atoms with van der Waals surface area (Å²) in [5.41, 5.74) is 0. The lowest BCUT2D eigenvalue weighted by atomic mass is 9.54. The maximum absolute atomic E-state index is 12.5. The molecule has 3 heteroatoms. The van der Waals surface area contributed by atoms with Gasteiger partial charge in [-0.2, -0.15) is 0 Å². The molecule has 2 unspecified atom stereocenters. The molecule has 1 saturated heterocycles. The third-order valence-corrected chi connectivity index (χ3v) is 6.35. The lowest BCUT2D eigenvalue weighted by Gasteiger charge is -2.54. The van der Waals surface area contributed by atoms with E-state index in [-0.39, 0.29) is 11.9 Å². The molecule has 0 aromatic carbocycles. The van der Waals surface area contributed by atoms with Crippen molar-refractivity contribution >= 4 is 5.91 Å². The molecule has 5 fully saturated rings. The minimum Gasteiger partial charge on any atom is -0.351 e. The van der Waals surface area contributed by atoms with Gasteiger partial charge in [0.2, 0.25) is 5.91 Å². The highest BCUT2D eigenvalue weighted by Gasteiger charge is 2.49. The van der Waals surface area contributed by atoms with Crippen molar-refractivity contribution in [2.24, 2.45) is 29.6 Å².